The molecule has 2 aliphatic rings. The lowest BCUT2D eigenvalue weighted by atomic mass is 9.83. The first kappa shape index (κ1) is 14.2. The topological polar surface area (TPSA) is 78.4 Å². The monoisotopic (exact) mass is 268 g/mol. The van der Waals surface area contributed by atoms with Crippen molar-refractivity contribution in [2.75, 3.05) is 0 Å². The molecule has 0 aliphatic heterocycles. The van der Waals surface area contributed by atoms with Crippen LogP contribution < -0.4 is 10.6 Å². The van der Waals surface area contributed by atoms with Crippen molar-refractivity contribution in [3.05, 3.63) is 0 Å². The minimum absolute atomic E-state index is 0.180. The Hall–Kier alpha value is -1.26. The minimum atomic E-state index is -1.05. The number of carbonyl (C=O) groups is 2. The van der Waals surface area contributed by atoms with Gasteiger partial charge in [-0.15, -0.1) is 0 Å². The first-order valence-corrected chi connectivity index (χ1v) is 7.30. The Morgan fingerprint density at radius 2 is 1.42 bits per heavy atom. The minimum Gasteiger partial charge on any atom is -0.480 e. The van der Waals surface area contributed by atoms with Crippen LogP contribution in [0.25, 0.3) is 0 Å². The average Bonchev–Trinajstić information content (AvgIpc) is 2.78. The van der Waals surface area contributed by atoms with E-state index in [0.29, 0.717) is 12.8 Å². The van der Waals surface area contributed by atoms with Gasteiger partial charge in [0.15, 0.2) is 0 Å². The lowest BCUT2D eigenvalue weighted by molar-refractivity contribution is -0.144. The summed E-state index contributed by atoms with van der Waals surface area (Å²) >= 11 is 0. The van der Waals surface area contributed by atoms with Crippen molar-refractivity contribution in [1.82, 2.24) is 10.6 Å². The highest BCUT2D eigenvalue weighted by molar-refractivity contribution is 5.86. The number of aliphatic carboxylic acids is 1. The van der Waals surface area contributed by atoms with E-state index in [2.05, 4.69) is 10.6 Å². The first-order valence-electron chi connectivity index (χ1n) is 7.30. The van der Waals surface area contributed by atoms with Gasteiger partial charge in [-0.05, 0) is 32.6 Å². The predicted octanol–water partition coefficient (Wildman–Crippen LogP) is 2.41. The number of carboxylic acids is 1. The van der Waals surface area contributed by atoms with Gasteiger partial charge in [-0.3, -0.25) is 0 Å². The predicted molar refractivity (Wildman–Crippen MR) is 72.0 cm³/mol. The van der Waals surface area contributed by atoms with E-state index in [0.717, 1.165) is 38.5 Å². The third kappa shape index (κ3) is 3.19. The van der Waals surface area contributed by atoms with E-state index >= 15 is 0 Å². The van der Waals surface area contributed by atoms with Crippen LogP contribution in [-0.2, 0) is 4.79 Å². The molecule has 2 amide bonds. The first-order chi connectivity index (χ1) is 8.96. The van der Waals surface area contributed by atoms with Gasteiger partial charge < -0.3 is 15.7 Å². The smallest absolute Gasteiger partial charge is 0.329 e. The van der Waals surface area contributed by atoms with Crippen molar-refractivity contribution in [2.24, 2.45) is 0 Å². The summed E-state index contributed by atoms with van der Waals surface area (Å²) in [5.41, 5.74) is -1.23. The number of rotatable bonds is 3. The van der Waals surface area contributed by atoms with Gasteiger partial charge >= 0.3 is 12.0 Å². The summed E-state index contributed by atoms with van der Waals surface area (Å²) in [5.74, 6) is -0.908. The molecule has 5 heteroatoms. The molecule has 0 radical (unpaired) electrons. The zero-order valence-corrected chi connectivity index (χ0v) is 11.6. The number of carbonyl (C=O) groups excluding carboxylic acids is 1. The third-order valence-electron chi connectivity index (χ3n) is 4.59. The van der Waals surface area contributed by atoms with Crippen molar-refractivity contribution in [1.29, 1.82) is 0 Å². The van der Waals surface area contributed by atoms with Gasteiger partial charge in [0, 0.05) is 5.54 Å². The number of urea groups is 1. The maximum atomic E-state index is 12.1. The van der Waals surface area contributed by atoms with Crippen LogP contribution >= 0.6 is 0 Å². The van der Waals surface area contributed by atoms with E-state index < -0.39 is 11.5 Å². The van der Waals surface area contributed by atoms with Crippen molar-refractivity contribution >= 4 is 12.0 Å². The molecule has 2 rings (SSSR count). The summed E-state index contributed by atoms with van der Waals surface area (Å²) in [6, 6.07) is -0.325. The van der Waals surface area contributed by atoms with Gasteiger partial charge in [-0.2, -0.15) is 0 Å². The third-order valence-corrected chi connectivity index (χ3v) is 4.59. The van der Waals surface area contributed by atoms with Crippen LogP contribution in [0.3, 0.4) is 0 Å². The molecule has 0 aromatic carbocycles. The Morgan fingerprint density at radius 1 is 0.895 bits per heavy atom. The molecule has 5 nitrogen and oxygen atoms in total. The van der Waals surface area contributed by atoms with E-state index in [-0.39, 0.29) is 11.6 Å². The molecule has 3 N–H and O–H groups in total. The molecular weight excluding hydrogens is 244 g/mol. The van der Waals surface area contributed by atoms with E-state index in [1.165, 1.54) is 6.42 Å². The molecule has 0 atom stereocenters. The summed E-state index contributed by atoms with van der Waals surface area (Å²) in [7, 11) is 0. The fourth-order valence-electron chi connectivity index (χ4n) is 3.35. The largest absolute Gasteiger partial charge is 0.480 e. The summed E-state index contributed by atoms with van der Waals surface area (Å²) in [6.45, 7) is 2.05. The average molecular weight is 268 g/mol. The van der Waals surface area contributed by atoms with Crippen LogP contribution in [0, 0.1) is 0 Å². The highest BCUT2D eigenvalue weighted by atomic mass is 16.4. The second-order valence-corrected chi connectivity index (χ2v) is 6.29. The Balaban J connectivity index is 1.94. The van der Waals surface area contributed by atoms with Crippen molar-refractivity contribution in [3.8, 4) is 0 Å². The molecule has 0 bridgehead atoms. The Labute approximate surface area is 114 Å². The summed E-state index contributed by atoms with van der Waals surface area (Å²) < 4.78 is 0. The van der Waals surface area contributed by atoms with Crippen LogP contribution in [-0.4, -0.2) is 28.2 Å². The molecule has 0 unspecified atom stereocenters. The van der Waals surface area contributed by atoms with Crippen molar-refractivity contribution < 1.29 is 14.7 Å². The molecule has 19 heavy (non-hydrogen) atoms. The van der Waals surface area contributed by atoms with Gasteiger partial charge in [0.1, 0.15) is 5.54 Å². The van der Waals surface area contributed by atoms with Crippen LogP contribution in [0.2, 0.25) is 0 Å². The maximum absolute atomic E-state index is 12.1. The van der Waals surface area contributed by atoms with E-state index in [9.17, 15) is 14.7 Å². The van der Waals surface area contributed by atoms with Crippen LogP contribution in [0.4, 0.5) is 4.79 Å². The number of amides is 2. The molecule has 0 spiro atoms. The molecule has 0 aromatic rings. The Kier molecular flexibility index (Phi) is 4.02. The molecular formula is C14H24N2O3. The normalized spacial score (nSPS) is 24.7. The molecule has 108 valence electrons. The van der Waals surface area contributed by atoms with E-state index in [1.807, 2.05) is 6.92 Å². The highest BCUT2D eigenvalue weighted by Crippen LogP contribution is 2.31. The summed E-state index contributed by atoms with van der Waals surface area (Å²) in [5, 5.41) is 15.0. The zero-order valence-electron chi connectivity index (χ0n) is 11.6. The Bertz CT molecular complexity index is 356. The SMILES string of the molecule is CC1(NC(=O)NC2(C(=O)O)CCCC2)CCCCC1. The highest BCUT2D eigenvalue weighted by Gasteiger charge is 2.43. The standard InChI is InChI=1S/C14H24N2O3/c1-13(7-3-2-4-8-13)15-12(19)16-14(11(17)18)9-5-6-10-14/h2-10H2,1H3,(H,17,18)(H2,15,16,19). The van der Waals surface area contributed by atoms with Gasteiger partial charge in [0.2, 0.25) is 0 Å². The molecule has 2 saturated carbocycles. The molecule has 2 fully saturated rings. The van der Waals surface area contributed by atoms with Gasteiger partial charge in [0.05, 0.1) is 0 Å². The lowest BCUT2D eigenvalue weighted by Gasteiger charge is -2.36. The van der Waals surface area contributed by atoms with Crippen LogP contribution in [0.5, 0.6) is 0 Å². The fourth-order valence-corrected chi connectivity index (χ4v) is 3.35. The number of hydrogen-bond donors (Lipinski definition) is 3. The number of nitrogens with one attached hydrogen (secondary N) is 2. The lowest BCUT2D eigenvalue weighted by Crippen LogP contribution is -2.59. The molecule has 2 aliphatic carbocycles. The van der Waals surface area contributed by atoms with Crippen LogP contribution in [0.15, 0.2) is 0 Å². The second-order valence-electron chi connectivity index (χ2n) is 6.29. The summed E-state index contributed by atoms with van der Waals surface area (Å²) in [4.78, 5) is 23.5. The van der Waals surface area contributed by atoms with E-state index in [1.54, 1.807) is 0 Å². The van der Waals surface area contributed by atoms with E-state index in [4.69, 9.17) is 0 Å². The van der Waals surface area contributed by atoms with Crippen LogP contribution in [0.1, 0.15) is 64.7 Å². The zero-order chi connectivity index (χ0) is 13.9. The fraction of sp³-hybridized carbons (Fsp3) is 0.857. The quantitative estimate of drug-likeness (QED) is 0.735. The van der Waals surface area contributed by atoms with Gasteiger partial charge in [0.25, 0.3) is 0 Å². The number of hydrogen-bond acceptors (Lipinski definition) is 2. The van der Waals surface area contributed by atoms with Gasteiger partial charge in [-0.1, -0.05) is 32.1 Å². The Morgan fingerprint density at radius 3 is 1.95 bits per heavy atom. The van der Waals surface area contributed by atoms with Gasteiger partial charge in [-0.25, -0.2) is 9.59 Å². The number of carboxylic acid groups (broad SMARTS) is 1. The van der Waals surface area contributed by atoms with Crippen molar-refractivity contribution in [2.45, 2.75) is 75.8 Å². The maximum Gasteiger partial charge on any atom is 0.329 e. The second kappa shape index (κ2) is 5.39. The molecule has 0 aromatic heterocycles. The van der Waals surface area contributed by atoms with Crippen molar-refractivity contribution in [3.63, 3.8) is 0 Å². The molecule has 0 saturated heterocycles. The molecule has 0 heterocycles. The summed E-state index contributed by atoms with van der Waals surface area (Å²) in [6.07, 6.45) is 8.22.